The molecule has 0 saturated carbocycles. The Balaban J connectivity index is 1.93. The van der Waals surface area contributed by atoms with Gasteiger partial charge < -0.3 is 14.6 Å². The van der Waals surface area contributed by atoms with Crippen molar-refractivity contribution in [2.75, 3.05) is 11.9 Å². The molecule has 0 aliphatic rings. The molecule has 0 fully saturated rings. The van der Waals surface area contributed by atoms with Crippen molar-refractivity contribution < 1.29 is 14.3 Å². The van der Waals surface area contributed by atoms with Crippen molar-refractivity contribution in [2.24, 2.45) is 14.1 Å². The quantitative estimate of drug-likeness (QED) is 0.581. The molecular formula is C18H18N6O5S. The topological polar surface area (TPSA) is 141 Å². The van der Waals surface area contributed by atoms with E-state index in [9.17, 15) is 24.4 Å². The summed E-state index contributed by atoms with van der Waals surface area (Å²) < 4.78 is 8.45. The van der Waals surface area contributed by atoms with Crippen molar-refractivity contribution >= 4 is 39.4 Å². The molecule has 0 radical (unpaired) electrons. The molecule has 0 aromatic carbocycles. The number of hydrogen-bond acceptors (Lipinski definition) is 8. The lowest BCUT2D eigenvalue weighted by molar-refractivity contribution is -0.116. The van der Waals surface area contributed by atoms with Gasteiger partial charge >= 0.3 is 11.7 Å². The number of nitriles is 1. The summed E-state index contributed by atoms with van der Waals surface area (Å²) in [7, 11) is 2.82. The molecule has 11 nitrogen and oxygen atoms in total. The molecule has 3 aromatic heterocycles. The molecule has 3 rings (SSSR count). The highest BCUT2D eigenvalue weighted by Crippen LogP contribution is 2.33. The molecular weight excluding hydrogens is 412 g/mol. The van der Waals surface area contributed by atoms with Crippen LogP contribution in [0, 0.1) is 18.3 Å². The monoisotopic (exact) mass is 430 g/mol. The van der Waals surface area contributed by atoms with Crippen molar-refractivity contribution in [3.05, 3.63) is 43.2 Å². The maximum Gasteiger partial charge on any atom is 0.348 e. The Kier molecular flexibility index (Phi) is 5.57. The molecule has 1 amide bonds. The number of nitrogens with zero attached hydrogens (tertiary/aromatic N) is 5. The Bertz CT molecular complexity index is 1340. The van der Waals surface area contributed by atoms with E-state index in [1.165, 1.54) is 29.6 Å². The molecule has 3 heterocycles. The lowest BCUT2D eigenvalue weighted by atomic mass is 10.2. The summed E-state index contributed by atoms with van der Waals surface area (Å²) in [5.74, 6) is -1.10. The van der Waals surface area contributed by atoms with Crippen LogP contribution < -0.4 is 16.6 Å². The van der Waals surface area contributed by atoms with Gasteiger partial charge in [0.15, 0.2) is 11.2 Å². The average molecular weight is 430 g/mol. The lowest BCUT2D eigenvalue weighted by Crippen LogP contribution is -2.37. The van der Waals surface area contributed by atoms with Gasteiger partial charge in [-0.15, -0.1) is 11.3 Å². The van der Waals surface area contributed by atoms with E-state index in [1.807, 2.05) is 6.07 Å². The molecule has 0 unspecified atom stereocenters. The number of thiophene rings is 1. The molecule has 0 aliphatic heterocycles. The summed E-state index contributed by atoms with van der Waals surface area (Å²) in [5, 5.41) is 12.2. The number of rotatable bonds is 5. The SMILES string of the molecule is CCOC(=O)c1sc(NC(=O)Cn2cnc3c2c(=O)n(C)c(=O)n3C)c(C#N)c1C. The maximum absolute atomic E-state index is 12.6. The van der Waals surface area contributed by atoms with E-state index >= 15 is 0 Å². The van der Waals surface area contributed by atoms with Crippen LogP contribution in [-0.4, -0.2) is 37.2 Å². The zero-order valence-corrected chi connectivity index (χ0v) is 17.5. The number of carbonyl (C=O) groups excluding carboxylic acids is 2. The van der Waals surface area contributed by atoms with E-state index in [1.54, 1.807) is 13.8 Å². The first-order valence-electron chi connectivity index (χ1n) is 8.82. The highest BCUT2D eigenvalue weighted by atomic mass is 32.1. The highest BCUT2D eigenvalue weighted by molar-refractivity contribution is 7.18. The van der Waals surface area contributed by atoms with Gasteiger partial charge in [-0.05, 0) is 19.4 Å². The predicted octanol–water partition coefficient (Wildman–Crippen LogP) is 0.491. The third kappa shape index (κ3) is 3.39. The highest BCUT2D eigenvalue weighted by Gasteiger charge is 2.23. The third-order valence-corrected chi connectivity index (χ3v) is 5.69. The van der Waals surface area contributed by atoms with Crippen molar-refractivity contribution in [1.29, 1.82) is 5.26 Å². The Hall–Kier alpha value is -3.72. The van der Waals surface area contributed by atoms with E-state index in [0.717, 1.165) is 15.9 Å². The smallest absolute Gasteiger partial charge is 0.348 e. The van der Waals surface area contributed by atoms with Crippen LogP contribution in [0.5, 0.6) is 0 Å². The minimum atomic E-state index is -0.576. The number of ether oxygens (including phenoxy) is 1. The van der Waals surface area contributed by atoms with Crippen LogP contribution in [0.3, 0.4) is 0 Å². The second-order valence-corrected chi connectivity index (χ2v) is 7.41. The summed E-state index contributed by atoms with van der Waals surface area (Å²) >= 11 is 0.948. The Morgan fingerprint density at radius 1 is 1.30 bits per heavy atom. The number of fused-ring (bicyclic) bond motifs is 1. The number of nitrogens with one attached hydrogen (secondary N) is 1. The minimum Gasteiger partial charge on any atom is -0.462 e. The van der Waals surface area contributed by atoms with E-state index in [-0.39, 0.29) is 39.8 Å². The third-order valence-electron chi connectivity index (χ3n) is 4.50. The van der Waals surface area contributed by atoms with Gasteiger partial charge in [0.1, 0.15) is 22.5 Å². The number of hydrogen-bond donors (Lipinski definition) is 1. The number of aromatic nitrogens is 4. The minimum absolute atomic E-state index is 0.102. The summed E-state index contributed by atoms with van der Waals surface area (Å²) in [5.41, 5.74) is -0.248. The Morgan fingerprint density at radius 3 is 2.63 bits per heavy atom. The van der Waals surface area contributed by atoms with Gasteiger partial charge in [0.25, 0.3) is 5.56 Å². The lowest BCUT2D eigenvalue weighted by Gasteiger charge is -2.07. The van der Waals surface area contributed by atoms with Crippen LogP contribution in [-0.2, 0) is 30.2 Å². The molecule has 12 heteroatoms. The Morgan fingerprint density at radius 2 is 2.00 bits per heavy atom. The molecule has 0 aliphatic carbocycles. The van der Waals surface area contributed by atoms with Gasteiger partial charge in [-0.3, -0.25) is 18.7 Å². The fourth-order valence-electron chi connectivity index (χ4n) is 2.97. The second kappa shape index (κ2) is 7.96. The van der Waals surface area contributed by atoms with Crippen molar-refractivity contribution in [3.63, 3.8) is 0 Å². The van der Waals surface area contributed by atoms with Gasteiger partial charge in [-0.1, -0.05) is 0 Å². The zero-order chi connectivity index (χ0) is 22.2. The molecule has 30 heavy (non-hydrogen) atoms. The van der Waals surface area contributed by atoms with Crippen LogP contribution in [0.2, 0.25) is 0 Å². The number of aryl methyl sites for hydroxylation is 1. The molecule has 3 aromatic rings. The fourth-order valence-corrected chi connectivity index (χ4v) is 4.03. The molecule has 0 spiro atoms. The number of anilines is 1. The first-order chi connectivity index (χ1) is 14.2. The number of amides is 1. The number of carbonyl (C=O) groups is 2. The van der Waals surface area contributed by atoms with E-state index in [4.69, 9.17) is 4.74 Å². The number of imidazole rings is 1. The van der Waals surface area contributed by atoms with Crippen molar-refractivity contribution in [3.8, 4) is 6.07 Å². The zero-order valence-electron chi connectivity index (χ0n) is 16.7. The van der Waals surface area contributed by atoms with Crippen LogP contribution in [0.25, 0.3) is 11.2 Å². The molecule has 0 bridgehead atoms. The summed E-state index contributed by atoms with van der Waals surface area (Å²) in [6.45, 7) is 3.18. The van der Waals surface area contributed by atoms with Crippen LogP contribution >= 0.6 is 11.3 Å². The Labute approximate surface area is 173 Å². The summed E-state index contributed by atoms with van der Waals surface area (Å²) in [4.78, 5) is 53.4. The summed E-state index contributed by atoms with van der Waals surface area (Å²) in [6, 6.07) is 1.98. The average Bonchev–Trinajstić information content (AvgIpc) is 3.25. The molecule has 0 atom stereocenters. The van der Waals surface area contributed by atoms with E-state index in [2.05, 4.69) is 10.3 Å². The van der Waals surface area contributed by atoms with Crippen LogP contribution in [0.1, 0.15) is 27.7 Å². The van der Waals surface area contributed by atoms with Gasteiger partial charge in [-0.2, -0.15) is 5.26 Å². The molecule has 0 saturated heterocycles. The molecule has 1 N–H and O–H groups in total. The molecule has 156 valence electrons. The van der Waals surface area contributed by atoms with Crippen molar-refractivity contribution in [1.82, 2.24) is 18.7 Å². The fraction of sp³-hybridized carbons (Fsp3) is 0.333. The normalized spacial score (nSPS) is 10.8. The number of esters is 1. The van der Waals surface area contributed by atoms with E-state index in [0.29, 0.717) is 5.56 Å². The predicted molar refractivity (Wildman–Crippen MR) is 109 cm³/mol. The summed E-state index contributed by atoms with van der Waals surface area (Å²) in [6.07, 6.45) is 1.29. The van der Waals surface area contributed by atoms with Gasteiger partial charge in [-0.25, -0.2) is 14.6 Å². The maximum atomic E-state index is 12.6. The standard InChI is InChI=1S/C18H18N6O5S/c1-5-29-17(27)13-9(2)10(6-19)15(30-13)21-11(25)7-24-8-20-14-12(24)16(26)23(4)18(28)22(14)3/h8H,5,7H2,1-4H3,(H,21,25). The van der Waals surface area contributed by atoms with Gasteiger partial charge in [0.05, 0.1) is 18.5 Å². The van der Waals surface area contributed by atoms with Gasteiger partial charge in [0.2, 0.25) is 5.91 Å². The largest absolute Gasteiger partial charge is 0.462 e. The first-order valence-corrected chi connectivity index (χ1v) is 9.64. The van der Waals surface area contributed by atoms with Crippen molar-refractivity contribution in [2.45, 2.75) is 20.4 Å². The van der Waals surface area contributed by atoms with E-state index < -0.39 is 23.1 Å². The first kappa shape index (κ1) is 21.0. The van der Waals surface area contributed by atoms with Crippen LogP contribution in [0.4, 0.5) is 5.00 Å². The van der Waals surface area contributed by atoms with Crippen LogP contribution in [0.15, 0.2) is 15.9 Å². The van der Waals surface area contributed by atoms with Gasteiger partial charge in [0, 0.05) is 14.1 Å². The second-order valence-electron chi connectivity index (χ2n) is 6.39.